The van der Waals surface area contributed by atoms with Crippen LogP contribution in [0.25, 0.3) is 0 Å². The number of benzene rings is 1. The highest BCUT2D eigenvalue weighted by atomic mass is 32.2. The minimum absolute atomic E-state index is 0.115. The van der Waals surface area contributed by atoms with Crippen molar-refractivity contribution in [2.45, 2.75) is 35.8 Å². The van der Waals surface area contributed by atoms with E-state index in [1.54, 1.807) is 18.9 Å². The number of nitrogens with zero attached hydrogens (tertiary/aromatic N) is 3. The highest BCUT2D eigenvalue weighted by molar-refractivity contribution is 7.99. The molecule has 3 aliphatic rings. The zero-order valence-electron chi connectivity index (χ0n) is 16.7. The lowest BCUT2D eigenvalue weighted by molar-refractivity contribution is -0.0453. The zero-order chi connectivity index (χ0) is 21.6. The van der Waals surface area contributed by atoms with Crippen LogP contribution in [0.3, 0.4) is 0 Å². The second kappa shape index (κ2) is 8.36. The van der Waals surface area contributed by atoms with E-state index in [9.17, 15) is 4.89 Å². The molecule has 2 saturated heterocycles. The maximum absolute atomic E-state index is 10.1. The van der Waals surface area contributed by atoms with Crippen molar-refractivity contribution in [1.82, 2.24) is 9.97 Å². The van der Waals surface area contributed by atoms with E-state index in [-0.39, 0.29) is 12.1 Å². The van der Waals surface area contributed by atoms with Crippen molar-refractivity contribution in [2.24, 2.45) is 0 Å². The first kappa shape index (κ1) is 21.2. The van der Waals surface area contributed by atoms with Crippen LogP contribution in [0.2, 0.25) is 0 Å². The Morgan fingerprint density at radius 3 is 2.97 bits per heavy atom. The Hall–Kier alpha value is -1.66. The average Bonchev–Trinajstić information content (AvgIpc) is 3.30. The third kappa shape index (κ3) is 3.98. The predicted octanol–water partition coefficient (Wildman–Crippen LogP) is 1.50. The highest BCUT2D eigenvalue weighted by Crippen LogP contribution is 2.58. The fraction of sp³-hybridized carbons (Fsp3) is 0.444. The quantitative estimate of drug-likeness (QED) is 0.442. The maximum atomic E-state index is 10.1. The molecule has 4 N–H and O–H groups in total. The Balaban J connectivity index is 1.44. The zero-order valence-corrected chi connectivity index (χ0v) is 18.4. The van der Waals surface area contributed by atoms with Crippen LogP contribution < -0.4 is 16.0 Å². The van der Waals surface area contributed by atoms with Crippen molar-refractivity contribution in [2.75, 3.05) is 29.7 Å². The fourth-order valence-electron chi connectivity index (χ4n) is 3.98. The summed E-state index contributed by atoms with van der Waals surface area (Å²) < 4.78 is 22.9. The number of fused-ring (bicyclic) bond motifs is 2. The van der Waals surface area contributed by atoms with Crippen molar-refractivity contribution in [3.63, 3.8) is 0 Å². The maximum Gasteiger partial charge on any atom is 0.488 e. The fourth-order valence-corrected chi connectivity index (χ4v) is 6.13. The summed E-state index contributed by atoms with van der Waals surface area (Å²) in [4.78, 5) is 20.6. The third-order valence-electron chi connectivity index (χ3n) is 5.40. The number of methoxy groups -OCH3 is 1. The molecular weight excluding hydrogens is 440 g/mol. The van der Waals surface area contributed by atoms with Crippen molar-refractivity contribution < 1.29 is 23.4 Å². The molecule has 6 atom stereocenters. The normalized spacial score (nSPS) is 34.3. The molecule has 5 unspecified atom stereocenters. The van der Waals surface area contributed by atoms with Crippen LogP contribution in [-0.2, 0) is 24.3 Å². The number of nitrogens with one attached hydrogen (secondary N) is 1. The molecule has 0 aliphatic carbocycles. The summed E-state index contributed by atoms with van der Waals surface area (Å²) in [6.45, 7) is 0.115. The molecule has 2 aromatic rings. The Bertz CT molecular complexity index is 947. The topological polar surface area (TPSA) is 124 Å². The molecule has 2 fully saturated rings. The summed E-state index contributed by atoms with van der Waals surface area (Å²) in [6, 6.07) is 10.1. The molecule has 10 nitrogen and oxygen atoms in total. The molecule has 0 amide bonds. The number of nitrogen functional groups attached to an aromatic ring is 1. The van der Waals surface area contributed by atoms with Crippen LogP contribution in [-0.4, -0.2) is 66.2 Å². The monoisotopic (exact) mass is 462 g/mol. The molecule has 3 aliphatic heterocycles. The van der Waals surface area contributed by atoms with E-state index in [0.717, 1.165) is 5.75 Å². The van der Waals surface area contributed by atoms with Gasteiger partial charge in [0, 0.05) is 12.9 Å². The Kier molecular flexibility index (Phi) is 5.72. The number of nitrogens with two attached hydrogens (primary N) is 1. The number of aromatic nitrogens is 2. The van der Waals surface area contributed by atoms with E-state index in [1.807, 2.05) is 23.1 Å². The van der Waals surface area contributed by atoms with E-state index in [1.165, 1.54) is 11.9 Å². The SMILES string of the molecule is [B][P+]1(O)OCC2OC(N3c4ncnc(N)c4NC3SCc3ccccc3)C(OC)[C@@H]2O1. The van der Waals surface area contributed by atoms with Crippen molar-refractivity contribution in [1.29, 1.82) is 0 Å². The second-order valence-electron chi connectivity index (χ2n) is 7.35. The molecule has 13 heteroatoms. The van der Waals surface area contributed by atoms with Crippen LogP contribution in [0, 0.1) is 0 Å². The van der Waals surface area contributed by atoms with E-state index in [2.05, 4.69) is 27.4 Å². The Labute approximate surface area is 185 Å². The Morgan fingerprint density at radius 1 is 1.39 bits per heavy atom. The molecule has 0 spiro atoms. The van der Waals surface area contributed by atoms with E-state index >= 15 is 0 Å². The van der Waals surface area contributed by atoms with Gasteiger partial charge >= 0.3 is 15.4 Å². The van der Waals surface area contributed by atoms with Crippen LogP contribution in [0.1, 0.15) is 5.56 Å². The first-order chi connectivity index (χ1) is 15.0. The van der Waals surface area contributed by atoms with E-state index < -0.39 is 32.4 Å². The molecule has 162 valence electrons. The first-order valence-corrected chi connectivity index (χ1v) is 12.4. The van der Waals surface area contributed by atoms with Gasteiger partial charge in [-0.3, -0.25) is 4.90 Å². The number of anilines is 3. The number of hydrogen-bond donors (Lipinski definition) is 3. The van der Waals surface area contributed by atoms with Gasteiger partial charge < -0.3 is 20.5 Å². The molecule has 1 aromatic heterocycles. The van der Waals surface area contributed by atoms with Crippen molar-refractivity contribution >= 4 is 44.5 Å². The highest BCUT2D eigenvalue weighted by Gasteiger charge is 2.59. The van der Waals surface area contributed by atoms with Crippen LogP contribution in [0.5, 0.6) is 0 Å². The lowest BCUT2D eigenvalue weighted by Crippen LogP contribution is -2.50. The van der Waals surface area contributed by atoms with Crippen molar-refractivity contribution in [3.05, 3.63) is 42.2 Å². The van der Waals surface area contributed by atoms with Gasteiger partial charge in [0.15, 0.2) is 29.5 Å². The van der Waals surface area contributed by atoms with Crippen LogP contribution >= 0.6 is 19.6 Å². The second-order valence-corrected chi connectivity index (χ2v) is 10.0. The summed E-state index contributed by atoms with van der Waals surface area (Å²) in [5.74, 6) is 1.72. The van der Waals surface area contributed by atoms with Gasteiger partial charge in [0.1, 0.15) is 30.8 Å². The smallest absolute Gasteiger partial charge is 0.382 e. The standard InChI is InChI=1S/C18H22BN5O5PS/c1-26-14-13-11(7-27-30(19,25)29-13)28-17(14)24-16-12(15(20)21-9-22-16)23-18(24)31-8-10-5-3-2-4-6-10/h2-6,9,11,13-14,17-18,23,25H,7-8H2,1H3,(H2,20,21,22)/q+1/t11?,13-,14?,17?,18?,30?/m1/s1. The first-order valence-electron chi connectivity index (χ1n) is 9.69. The van der Waals surface area contributed by atoms with Gasteiger partial charge in [-0.1, -0.05) is 30.3 Å². The molecule has 0 bridgehead atoms. The van der Waals surface area contributed by atoms with Gasteiger partial charge in [0.05, 0.1) is 0 Å². The summed E-state index contributed by atoms with van der Waals surface area (Å²) in [7, 11) is 3.90. The van der Waals surface area contributed by atoms with E-state index in [0.29, 0.717) is 17.3 Å². The largest absolute Gasteiger partial charge is 0.488 e. The predicted molar refractivity (Wildman–Crippen MR) is 119 cm³/mol. The molecule has 2 radical (unpaired) electrons. The van der Waals surface area contributed by atoms with Crippen molar-refractivity contribution in [3.8, 4) is 0 Å². The summed E-state index contributed by atoms with van der Waals surface area (Å²) >= 11 is 1.66. The van der Waals surface area contributed by atoms with Gasteiger partial charge in [-0.15, -0.1) is 11.8 Å². The van der Waals surface area contributed by atoms with Crippen LogP contribution in [0.15, 0.2) is 36.7 Å². The molecule has 31 heavy (non-hydrogen) atoms. The van der Waals surface area contributed by atoms with Crippen LogP contribution in [0.4, 0.5) is 17.3 Å². The lowest BCUT2D eigenvalue weighted by atomic mass is 10.1. The van der Waals surface area contributed by atoms with Gasteiger partial charge in [-0.05, 0) is 5.56 Å². The van der Waals surface area contributed by atoms with Gasteiger partial charge in [-0.2, -0.15) is 9.05 Å². The molecular formula is C18H22BN5O5PS+. The van der Waals surface area contributed by atoms with Gasteiger partial charge in [0.25, 0.3) is 0 Å². The number of hydrogen-bond acceptors (Lipinski definition) is 11. The Morgan fingerprint density at radius 2 is 2.19 bits per heavy atom. The van der Waals surface area contributed by atoms with E-state index in [4.69, 9.17) is 31.8 Å². The average molecular weight is 462 g/mol. The molecule has 5 rings (SSSR count). The van der Waals surface area contributed by atoms with Gasteiger partial charge in [0.2, 0.25) is 0 Å². The summed E-state index contributed by atoms with van der Waals surface area (Å²) in [6.07, 6.45) is -0.705. The number of ether oxygens (including phenoxy) is 2. The molecule has 0 saturated carbocycles. The number of thioether (sulfide) groups is 1. The summed E-state index contributed by atoms with van der Waals surface area (Å²) in [5, 5.41) is 3.41. The van der Waals surface area contributed by atoms with Gasteiger partial charge in [-0.25, -0.2) is 14.9 Å². The minimum atomic E-state index is -3.40. The summed E-state index contributed by atoms with van der Waals surface area (Å²) in [5.41, 5.74) is 7.69. The third-order valence-corrected chi connectivity index (χ3v) is 7.63. The lowest BCUT2D eigenvalue weighted by Gasteiger charge is -2.33. The number of rotatable bonds is 5. The minimum Gasteiger partial charge on any atom is -0.382 e. The molecule has 1 aromatic carbocycles. The molecule has 4 heterocycles.